The lowest BCUT2D eigenvalue weighted by Crippen LogP contribution is -2.29. The summed E-state index contributed by atoms with van der Waals surface area (Å²) in [7, 11) is -3.34. The van der Waals surface area contributed by atoms with Gasteiger partial charge in [0.25, 0.3) is 0 Å². The van der Waals surface area contributed by atoms with Crippen LogP contribution in [0.15, 0.2) is 18.2 Å². The topological polar surface area (TPSA) is 78.2 Å². The molecule has 1 fully saturated rings. The van der Waals surface area contributed by atoms with Crippen LogP contribution in [-0.2, 0) is 9.84 Å². The van der Waals surface area contributed by atoms with Crippen molar-refractivity contribution in [2.75, 3.05) is 11.5 Å². The number of nitrogens with zero attached hydrogens (tertiary/aromatic N) is 1. The summed E-state index contributed by atoms with van der Waals surface area (Å²) in [5, 5.41) is 19.5. The summed E-state index contributed by atoms with van der Waals surface area (Å²) in [5.41, 5.74) is -1.25. The number of aliphatic hydroxyl groups is 1. The molecule has 0 aliphatic carbocycles. The fraction of sp³-hybridized carbons (Fsp3) is 0.417. The quantitative estimate of drug-likeness (QED) is 0.904. The van der Waals surface area contributed by atoms with Crippen LogP contribution in [0.5, 0.6) is 0 Å². The number of rotatable bonds is 2. The van der Waals surface area contributed by atoms with Gasteiger partial charge in [0.15, 0.2) is 9.84 Å². The molecule has 0 radical (unpaired) electrons. The van der Waals surface area contributed by atoms with E-state index in [4.69, 9.17) is 11.6 Å². The average molecular weight is 304 g/mol. The van der Waals surface area contributed by atoms with Crippen LogP contribution in [0.1, 0.15) is 18.1 Å². The lowest BCUT2D eigenvalue weighted by molar-refractivity contribution is 0.0793. The molecule has 0 spiro atoms. The number of sulfone groups is 1. The Morgan fingerprint density at radius 3 is 2.68 bits per heavy atom. The molecule has 0 aromatic heterocycles. The van der Waals surface area contributed by atoms with Crippen LogP contribution in [0, 0.1) is 22.6 Å². The predicted molar refractivity (Wildman–Crippen MR) is 67.7 cm³/mol. The van der Waals surface area contributed by atoms with Gasteiger partial charge in [-0.05, 0) is 18.6 Å². The largest absolute Gasteiger partial charge is 0.387 e. The number of nitriles is 1. The van der Waals surface area contributed by atoms with Crippen LogP contribution in [0.3, 0.4) is 0 Å². The summed E-state index contributed by atoms with van der Waals surface area (Å²) in [5.74, 6) is -1.12. The van der Waals surface area contributed by atoms with Crippen LogP contribution < -0.4 is 0 Å². The molecule has 7 heteroatoms. The van der Waals surface area contributed by atoms with E-state index in [1.54, 1.807) is 0 Å². The average Bonchev–Trinajstić information content (AvgIpc) is 2.65. The van der Waals surface area contributed by atoms with Gasteiger partial charge in [0.05, 0.1) is 17.6 Å². The smallest absolute Gasteiger partial charge is 0.152 e. The second kappa shape index (κ2) is 4.75. The lowest BCUT2D eigenvalue weighted by atomic mass is 9.80. The lowest BCUT2D eigenvalue weighted by Gasteiger charge is -2.26. The van der Waals surface area contributed by atoms with E-state index in [-0.39, 0.29) is 22.8 Å². The first-order valence-corrected chi connectivity index (χ1v) is 7.74. The van der Waals surface area contributed by atoms with Gasteiger partial charge in [-0.3, -0.25) is 0 Å². The fourth-order valence-corrected chi connectivity index (χ4v) is 4.50. The van der Waals surface area contributed by atoms with Gasteiger partial charge in [-0.1, -0.05) is 17.7 Å². The minimum atomic E-state index is -3.34. The Balaban J connectivity index is 2.43. The van der Waals surface area contributed by atoms with E-state index in [1.165, 1.54) is 6.07 Å². The maximum absolute atomic E-state index is 13.0. The molecule has 1 heterocycles. The Labute approximate surface area is 115 Å². The molecule has 2 rings (SSSR count). The monoisotopic (exact) mass is 303 g/mol. The molecule has 1 N–H and O–H groups in total. The molecule has 0 bridgehead atoms. The molecular weight excluding hydrogens is 293 g/mol. The third-order valence-corrected chi connectivity index (χ3v) is 5.45. The number of hydrogen-bond donors (Lipinski definition) is 1. The van der Waals surface area contributed by atoms with E-state index >= 15 is 0 Å². The van der Waals surface area contributed by atoms with Gasteiger partial charge in [-0.15, -0.1) is 0 Å². The molecule has 1 aromatic carbocycles. The van der Waals surface area contributed by atoms with Gasteiger partial charge in [-0.25, -0.2) is 12.8 Å². The maximum atomic E-state index is 13.0. The summed E-state index contributed by atoms with van der Waals surface area (Å²) in [4.78, 5) is 0. The standard InChI is InChI=1S/C12H11ClFNO3S/c13-10-5-8(14)1-2-9(10)11(16)12(6-15)3-4-19(17,18)7-12/h1-2,5,11,16H,3-4,7H2. The zero-order chi connectivity index (χ0) is 14.3. The predicted octanol–water partition coefficient (Wildman–Crippen LogP) is 1.84. The number of benzene rings is 1. The molecule has 2 unspecified atom stereocenters. The highest BCUT2D eigenvalue weighted by Crippen LogP contribution is 2.44. The highest BCUT2D eigenvalue weighted by molar-refractivity contribution is 7.91. The molecule has 102 valence electrons. The molecule has 1 aliphatic heterocycles. The molecule has 2 atom stereocenters. The number of halogens is 2. The Morgan fingerprint density at radius 1 is 1.53 bits per heavy atom. The van der Waals surface area contributed by atoms with Crippen molar-refractivity contribution in [1.29, 1.82) is 5.26 Å². The highest BCUT2D eigenvalue weighted by atomic mass is 35.5. The van der Waals surface area contributed by atoms with Gasteiger partial charge in [0.1, 0.15) is 17.3 Å². The second-order valence-corrected chi connectivity index (χ2v) is 7.27. The Bertz CT molecular complexity index is 655. The van der Waals surface area contributed by atoms with E-state index in [0.717, 1.165) is 12.1 Å². The SMILES string of the molecule is N#CC1(C(O)c2ccc(F)cc2Cl)CCS(=O)(=O)C1. The fourth-order valence-electron chi connectivity index (χ4n) is 2.26. The number of hydrogen-bond acceptors (Lipinski definition) is 4. The van der Waals surface area contributed by atoms with Gasteiger partial charge in [0, 0.05) is 10.6 Å². The van der Waals surface area contributed by atoms with Crippen LogP contribution in [-0.4, -0.2) is 25.0 Å². The first-order valence-electron chi connectivity index (χ1n) is 5.54. The molecular formula is C12H11ClFNO3S. The van der Waals surface area contributed by atoms with Gasteiger partial charge in [0.2, 0.25) is 0 Å². The Hall–Kier alpha value is -1.16. The van der Waals surface area contributed by atoms with Crippen molar-refractivity contribution < 1.29 is 17.9 Å². The van der Waals surface area contributed by atoms with Crippen molar-refractivity contribution in [1.82, 2.24) is 0 Å². The Morgan fingerprint density at radius 2 is 2.21 bits per heavy atom. The maximum Gasteiger partial charge on any atom is 0.152 e. The van der Waals surface area contributed by atoms with E-state index < -0.39 is 32.9 Å². The molecule has 19 heavy (non-hydrogen) atoms. The summed E-state index contributed by atoms with van der Waals surface area (Å²) in [6, 6.07) is 5.29. The number of aliphatic hydroxyl groups excluding tert-OH is 1. The second-order valence-electron chi connectivity index (χ2n) is 4.68. The van der Waals surface area contributed by atoms with E-state index in [1.807, 2.05) is 6.07 Å². The van der Waals surface area contributed by atoms with Gasteiger partial charge in [-0.2, -0.15) is 5.26 Å². The van der Waals surface area contributed by atoms with Crippen molar-refractivity contribution in [2.45, 2.75) is 12.5 Å². The molecule has 1 saturated heterocycles. The van der Waals surface area contributed by atoms with Crippen LogP contribution in [0.4, 0.5) is 4.39 Å². The van der Waals surface area contributed by atoms with Crippen molar-refractivity contribution in [3.63, 3.8) is 0 Å². The first-order chi connectivity index (χ1) is 8.80. The first kappa shape index (κ1) is 14.3. The van der Waals surface area contributed by atoms with Crippen molar-refractivity contribution in [3.05, 3.63) is 34.6 Å². The molecule has 1 aliphatic rings. The third kappa shape index (κ3) is 2.59. The summed E-state index contributed by atoms with van der Waals surface area (Å²) in [6.45, 7) is 0. The highest BCUT2D eigenvalue weighted by Gasteiger charge is 2.49. The van der Waals surface area contributed by atoms with E-state index in [9.17, 15) is 23.2 Å². The minimum Gasteiger partial charge on any atom is -0.387 e. The van der Waals surface area contributed by atoms with E-state index in [2.05, 4.69) is 0 Å². The minimum absolute atomic E-state index is 0.0218. The summed E-state index contributed by atoms with van der Waals surface area (Å²) in [6.07, 6.45) is -1.32. The molecule has 0 saturated carbocycles. The zero-order valence-electron chi connectivity index (χ0n) is 9.81. The summed E-state index contributed by atoms with van der Waals surface area (Å²) >= 11 is 5.83. The molecule has 4 nitrogen and oxygen atoms in total. The molecule has 1 aromatic rings. The normalized spacial score (nSPS) is 26.8. The van der Waals surface area contributed by atoms with Crippen LogP contribution in [0.25, 0.3) is 0 Å². The molecule has 0 amide bonds. The zero-order valence-corrected chi connectivity index (χ0v) is 11.4. The Kier molecular flexibility index (Phi) is 3.56. The third-order valence-electron chi connectivity index (χ3n) is 3.34. The van der Waals surface area contributed by atoms with Gasteiger partial charge < -0.3 is 5.11 Å². The summed E-state index contributed by atoms with van der Waals surface area (Å²) < 4.78 is 36.0. The van der Waals surface area contributed by atoms with Crippen LogP contribution in [0.2, 0.25) is 5.02 Å². The van der Waals surface area contributed by atoms with Crippen LogP contribution >= 0.6 is 11.6 Å². The van der Waals surface area contributed by atoms with E-state index in [0.29, 0.717) is 0 Å². The van der Waals surface area contributed by atoms with Crippen molar-refractivity contribution >= 4 is 21.4 Å². The van der Waals surface area contributed by atoms with Crippen molar-refractivity contribution in [2.24, 2.45) is 5.41 Å². The van der Waals surface area contributed by atoms with Crippen molar-refractivity contribution in [3.8, 4) is 6.07 Å². The van der Waals surface area contributed by atoms with Gasteiger partial charge >= 0.3 is 0 Å².